The van der Waals surface area contributed by atoms with E-state index in [9.17, 15) is 4.79 Å². The Labute approximate surface area is 145 Å². The number of rotatable bonds is 5. The molecule has 0 bridgehead atoms. The fourth-order valence-corrected chi connectivity index (χ4v) is 2.83. The van der Waals surface area contributed by atoms with Crippen molar-refractivity contribution in [1.82, 2.24) is 15.3 Å². The maximum absolute atomic E-state index is 12.0. The molecule has 0 saturated heterocycles. The molecule has 1 aliphatic rings. The molecule has 1 unspecified atom stereocenters. The van der Waals surface area contributed by atoms with Gasteiger partial charge in [-0.1, -0.05) is 0 Å². The number of hydrogen-bond acceptors (Lipinski definition) is 5. The van der Waals surface area contributed by atoms with Crippen LogP contribution >= 0.6 is 36.2 Å². The summed E-state index contributed by atoms with van der Waals surface area (Å²) in [4.78, 5) is 20.9. The molecule has 2 heterocycles. The first kappa shape index (κ1) is 18.8. The molecular formula is C14H18Cl2N4OS. The Morgan fingerprint density at radius 2 is 2.05 bits per heavy atom. The minimum Gasteiger partial charge on any atom is -0.350 e. The summed E-state index contributed by atoms with van der Waals surface area (Å²) in [5.41, 5.74) is 6.94. The predicted octanol–water partition coefficient (Wildman–Crippen LogP) is 2.52. The predicted molar refractivity (Wildman–Crippen MR) is 92.9 cm³/mol. The van der Waals surface area contributed by atoms with Gasteiger partial charge in [-0.25, -0.2) is 4.98 Å². The van der Waals surface area contributed by atoms with Crippen molar-refractivity contribution >= 4 is 42.1 Å². The molecule has 0 spiro atoms. The first-order valence-corrected chi connectivity index (χ1v) is 7.45. The van der Waals surface area contributed by atoms with Crippen LogP contribution in [0, 0.1) is 5.92 Å². The second-order valence-corrected chi connectivity index (χ2v) is 6.01. The topological polar surface area (TPSA) is 80.9 Å². The van der Waals surface area contributed by atoms with Crippen molar-refractivity contribution in [2.45, 2.75) is 18.9 Å². The Bertz CT molecular complexity index is 604. The van der Waals surface area contributed by atoms with Gasteiger partial charge in [0.25, 0.3) is 5.91 Å². The summed E-state index contributed by atoms with van der Waals surface area (Å²) in [5.74, 6) is 0.489. The Morgan fingerprint density at radius 1 is 1.36 bits per heavy atom. The number of pyridine rings is 1. The lowest BCUT2D eigenvalue weighted by Gasteiger charge is -2.10. The molecule has 8 heteroatoms. The summed E-state index contributed by atoms with van der Waals surface area (Å²) in [5, 5.41) is 3.70. The number of nitrogens with one attached hydrogen (secondary N) is 1. The van der Waals surface area contributed by atoms with E-state index in [2.05, 4.69) is 15.3 Å². The number of aromatic nitrogens is 2. The average molecular weight is 361 g/mol. The molecule has 0 aliphatic heterocycles. The first-order valence-electron chi connectivity index (χ1n) is 6.64. The number of nitrogens with two attached hydrogens (primary N) is 1. The van der Waals surface area contributed by atoms with Gasteiger partial charge in [0.2, 0.25) is 0 Å². The zero-order valence-electron chi connectivity index (χ0n) is 11.8. The van der Waals surface area contributed by atoms with E-state index in [1.54, 1.807) is 18.6 Å². The molecule has 2 aromatic rings. The van der Waals surface area contributed by atoms with Gasteiger partial charge in [-0.3, -0.25) is 9.78 Å². The number of nitrogens with zero attached hydrogens (tertiary/aromatic N) is 2. The smallest absolute Gasteiger partial charge is 0.263 e. The van der Waals surface area contributed by atoms with Crippen molar-refractivity contribution in [1.29, 1.82) is 0 Å². The van der Waals surface area contributed by atoms with E-state index in [0.717, 1.165) is 10.6 Å². The number of thiazole rings is 1. The molecule has 1 saturated carbocycles. The number of halogens is 2. The second kappa shape index (κ2) is 8.43. The lowest BCUT2D eigenvalue weighted by Crippen LogP contribution is -2.38. The van der Waals surface area contributed by atoms with Gasteiger partial charge in [-0.2, -0.15) is 0 Å². The van der Waals surface area contributed by atoms with Crippen molar-refractivity contribution in [3.63, 3.8) is 0 Å². The molecular weight excluding hydrogens is 343 g/mol. The summed E-state index contributed by atoms with van der Waals surface area (Å²) >= 11 is 1.38. The molecule has 3 rings (SSSR count). The average Bonchev–Trinajstić information content (AvgIpc) is 3.22. The van der Waals surface area contributed by atoms with Crippen LogP contribution in [-0.2, 0) is 0 Å². The van der Waals surface area contributed by atoms with E-state index in [-0.39, 0.29) is 36.8 Å². The number of hydrogen-bond donors (Lipinski definition) is 2. The van der Waals surface area contributed by atoms with Crippen molar-refractivity contribution in [2.75, 3.05) is 6.54 Å². The van der Waals surface area contributed by atoms with Gasteiger partial charge in [0.15, 0.2) is 0 Å². The van der Waals surface area contributed by atoms with E-state index < -0.39 is 0 Å². The Morgan fingerprint density at radius 3 is 2.68 bits per heavy atom. The van der Waals surface area contributed by atoms with Gasteiger partial charge in [-0.15, -0.1) is 36.2 Å². The Balaban J connectivity index is 0.00000121. The molecule has 120 valence electrons. The molecule has 5 nitrogen and oxygen atoms in total. The van der Waals surface area contributed by atoms with Crippen LogP contribution in [-0.4, -0.2) is 28.5 Å². The van der Waals surface area contributed by atoms with Crippen molar-refractivity contribution in [3.8, 4) is 10.6 Å². The van der Waals surface area contributed by atoms with Crippen LogP contribution in [0.4, 0.5) is 0 Å². The molecule has 0 aromatic carbocycles. The highest BCUT2D eigenvalue weighted by atomic mass is 35.5. The molecule has 1 aliphatic carbocycles. The van der Waals surface area contributed by atoms with Gasteiger partial charge in [0.05, 0.1) is 6.20 Å². The number of carbonyl (C=O) groups excluding carboxylic acids is 1. The van der Waals surface area contributed by atoms with Gasteiger partial charge in [0, 0.05) is 30.5 Å². The monoisotopic (exact) mass is 360 g/mol. The summed E-state index contributed by atoms with van der Waals surface area (Å²) in [7, 11) is 0. The molecule has 3 N–H and O–H groups in total. The van der Waals surface area contributed by atoms with Crippen LogP contribution in [0.1, 0.15) is 22.5 Å². The molecule has 1 amide bonds. The summed E-state index contributed by atoms with van der Waals surface area (Å²) < 4.78 is 0. The lowest BCUT2D eigenvalue weighted by atomic mass is 10.2. The molecule has 0 radical (unpaired) electrons. The minimum absolute atomic E-state index is 0. The van der Waals surface area contributed by atoms with E-state index in [1.807, 2.05) is 12.1 Å². The van der Waals surface area contributed by atoms with Crippen LogP contribution in [0.2, 0.25) is 0 Å². The van der Waals surface area contributed by atoms with Gasteiger partial charge in [0.1, 0.15) is 9.88 Å². The van der Waals surface area contributed by atoms with Crippen molar-refractivity contribution < 1.29 is 4.79 Å². The number of amides is 1. The molecule has 2 aromatic heterocycles. The van der Waals surface area contributed by atoms with E-state index in [0.29, 0.717) is 17.3 Å². The van der Waals surface area contributed by atoms with E-state index in [1.165, 1.54) is 24.2 Å². The number of carbonyl (C=O) groups is 1. The highest BCUT2D eigenvalue weighted by Gasteiger charge is 2.28. The third kappa shape index (κ3) is 4.64. The maximum atomic E-state index is 12.0. The van der Waals surface area contributed by atoms with Crippen molar-refractivity contribution in [3.05, 3.63) is 35.6 Å². The second-order valence-electron chi connectivity index (χ2n) is 4.98. The van der Waals surface area contributed by atoms with Crippen LogP contribution in [0.15, 0.2) is 30.7 Å². The summed E-state index contributed by atoms with van der Waals surface area (Å²) in [6.07, 6.45) is 7.41. The quantitative estimate of drug-likeness (QED) is 0.858. The highest BCUT2D eigenvalue weighted by molar-refractivity contribution is 7.16. The molecule has 1 fully saturated rings. The minimum atomic E-state index is -0.0982. The molecule has 1 atom stereocenters. The fourth-order valence-electron chi connectivity index (χ4n) is 2.00. The van der Waals surface area contributed by atoms with E-state index in [4.69, 9.17) is 5.73 Å². The Hall–Kier alpha value is -1.21. The maximum Gasteiger partial charge on any atom is 0.263 e. The highest BCUT2D eigenvalue weighted by Crippen LogP contribution is 2.31. The Kier molecular flexibility index (Phi) is 7.22. The van der Waals surface area contributed by atoms with Crippen LogP contribution in [0.3, 0.4) is 0 Å². The van der Waals surface area contributed by atoms with Gasteiger partial charge < -0.3 is 11.1 Å². The van der Waals surface area contributed by atoms with Crippen LogP contribution < -0.4 is 11.1 Å². The third-order valence-corrected chi connectivity index (χ3v) is 4.43. The third-order valence-electron chi connectivity index (χ3n) is 3.38. The zero-order chi connectivity index (χ0) is 13.9. The zero-order valence-corrected chi connectivity index (χ0v) is 14.2. The standard InChI is InChI=1S/C14H16N4OS.2ClH/c15-11(9-1-2-9)7-17-13(19)12-8-18-14(20-12)10-3-5-16-6-4-10;;/h3-6,8-9,11H,1-2,7,15H2,(H,17,19);2*1H. The van der Waals surface area contributed by atoms with E-state index >= 15 is 0 Å². The van der Waals surface area contributed by atoms with Gasteiger partial charge in [-0.05, 0) is 30.9 Å². The fraction of sp³-hybridized carbons (Fsp3) is 0.357. The SMILES string of the molecule is Cl.Cl.NC(CNC(=O)c1cnc(-c2ccncc2)s1)C1CC1. The van der Waals surface area contributed by atoms with Crippen LogP contribution in [0.5, 0.6) is 0 Å². The van der Waals surface area contributed by atoms with Crippen molar-refractivity contribution in [2.24, 2.45) is 11.7 Å². The summed E-state index contributed by atoms with van der Waals surface area (Å²) in [6.45, 7) is 0.534. The molecule has 22 heavy (non-hydrogen) atoms. The lowest BCUT2D eigenvalue weighted by molar-refractivity contribution is 0.0954. The first-order chi connectivity index (χ1) is 9.74. The van der Waals surface area contributed by atoms with Crippen LogP contribution in [0.25, 0.3) is 10.6 Å². The largest absolute Gasteiger partial charge is 0.350 e. The van der Waals surface area contributed by atoms with Gasteiger partial charge >= 0.3 is 0 Å². The normalized spacial score (nSPS) is 14.4. The summed E-state index contributed by atoms with van der Waals surface area (Å²) in [6, 6.07) is 3.83.